The Morgan fingerprint density at radius 1 is 1.27 bits per heavy atom. The number of ether oxygens (including phenoxy) is 1. The van der Waals surface area contributed by atoms with Crippen LogP contribution in [0.4, 0.5) is 0 Å². The summed E-state index contributed by atoms with van der Waals surface area (Å²) in [7, 11) is 0. The predicted molar refractivity (Wildman–Crippen MR) is 83.4 cm³/mol. The van der Waals surface area contributed by atoms with Gasteiger partial charge in [-0.25, -0.2) is 4.79 Å². The molecule has 1 aliphatic carbocycles. The lowest BCUT2D eigenvalue weighted by molar-refractivity contribution is -0.150. The summed E-state index contributed by atoms with van der Waals surface area (Å²) < 4.78 is 10.6. The van der Waals surface area contributed by atoms with Crippen molar-refractivity contribution in [3.8, 4) is 0 Å². The number of hydrogen-bond acceptors (Lipinski definition) is 5. The van der Waals surface area contributed by atoms with Crippen LogP contribution in [-0.4, -0.2) is 21.7 Å². The molecular formula is C17H26N2O3. The first kappa shape index (κ1) is 16.7. The Kier molecular flexibility index (Phi) is 5.37. The number of aromatic nitrogens is 2. The van der Waals surface area contributed by atoms with Crippen LogP contribution in [0, 0.1) is 0 Å². The first-order valence-electron chi connectivity index (χ1n) is 8.09. The van der Waals surface area contributed by atoms with Crippen LogP contribution >= 0.6 is 0 Å². The SMILES string of the molecule is C=C(Cc1nc(C2CCCCCC2)no1)C(=O)OC(C)(C)C. The molecule has 1 fully saturated rings. The second-order valence-electron chi connectivity index (χ2n) is 7.02. The Bertz CT molecular complexity index is 520. The number of esters is 1. The third-order valence-corrected chi connectivity index (χ3v) is 3.76. The summed E-state index contributed by atoms with van der Waals surface area (Å²) in [4.78, 5) is 16.4. The Hall–Kier alpha value is -1.65. The van der Waals surface area contributed by atoms with E-state index in [9.17, 15) is 4.79 Å². The molecule has 1 aromatic rings. The van der Waals surface area contributed by atoms with Gasteiger partial charge < -0.3 is 9.26 Å². The maximum Gasteiger partial charge on any atom is 0.334 e. The second-order valence-corrected chi connectivity index (χ2v) is 7.02. The van der Waals surface area contributed by atoms with Crippen LogP contribution in [0.15, 0.2) is 16.7 Å². The molecule has 1 heterocycles. The molecule has 0 radical (unpaired) electrons. The normalized spacial score (nSPS) is 17.0. The van der Waals surface area contributed by atoms with E-state index in [1.54, 1.807) is 0 Å². The molecule has 0 bridgehead atoms. The van der Waals surface area contributed by atoms with Gasteiger partial charge in [-0.05, 0) is 33.6 Å². The molecule has 0 atom stereocenters. The molecule has 1 saturated carbocycles. The fourth-order valence-corrected chi connectivity index (χ4v) is 2.65. The van der Waals surface area contributed by atoms with Gasteiger partial charge >= 0.3 is 5.97 Å². The zero-order valence-corrected chi connectivity index (χ0v) is 13.9. The summed E-state index contributed by atoms with van der Waals surface area (Å²) in [5.41, 5.74) is -0.189. The molecule has 0 spiro atoms. The maximum absolute atomic E-state index is 11.9. The van der Waals surface area contributed by atoms with Gasteiger partial charge in [0.15, 0.2) is 5.82 Å². The first-order chi connectivity index (χ1) is 10.3. The van der Waals surface area contributed by atoms with E-state index in [0.29, 0.717) is 17.4 Å². The van der Waals surface area contributed by atoms with Gasteiger partial charge in [-0.1, -0.05) is 37.4 Å². The third-order valence-electron chi connectivity index (χ3n) is 3.76. The van der Waals surface area contributed by atoms with Crippen molar-refractivity contribution in [2.75, 3.05) is 0 Å². The molecule has 1 aliphatic rings. The zero-order chi connectivity index (χ0) is 16.2. The van der Waals surface area contributed by atoms with E-state index in [1.165, 1.54) is 25.7 Å². The monoisotopic (exact) mass is 306 g/mol. The van der Waals surface area contributed by atoms with Gasteiger partial charge in [-0.3, -0.25) is 0 Å². The topological polar surface area (TPSA) is 65.2 Å². The van der Waals surface area contributed by atoms with E-state index in [2.05, 4.69) is 16.7 Å². The molecule has 0 amide bonds. The Morgan fingerprint density at radius 2 is 1.91 bits per heavy atom. The molecule has 122 valence electrons. The van der Waals surface area contributed by atoms with Crippen molar-refractivity contribution in [3.63, 3.8) is 0 Å². The van der Waals surface area contributed by atoms with E-state index < -0.39 is 11.6 Å². The molecule has 22 heavy (non-hydrogen) atoms. The standard InChI is InChI=1S/C17H26N2O3/c1-12(16(20)21-17(2,3)4)11-14-18-15(19-22-14)13-9-7-5-6-8-10-13/h13H,1,5-11H2,2-4H3. The van der Waals surface area contributed by atoms with Crippen molar-refractivity contribution >= 4 is 5.97 Å². The Labute approximate surface area is 132 Å². The molecule has 0 N–H and O–H groups in total. The lowest BCUT2D eigenvalue weighted by atomic mass is 10.00. The van der Waals surface area contributed by atoms with Gasteiger partial charge in [0, 0.05) is 11.5 Å². The molecule has 0 aliphatic heterocycles. The maximum atomic E-state index is 11.9. The number of rotatable bonds is 4. The highest BCUT2D eigenvalue weighted by Crippen LogP contribution is 2.30. The summed E-state index contributed by atoms with van der Waals surface area (Å²) in [5, 5.41) is 4.09. The van der Waals surface area contributed by atoms with Crippen LogP contribution in [0.5, 0.6) is 0 Å². The van der Waals surface area contributed by atoms with Gasteiger partial charge in [0.1, 0.15) is 5.60 Å². The van der Waals surface area contributed by atoms with Gasteiger partial charge in [0.25, 0.3) is 0 Å². The van der Waals surface area contributed by atoms with Crippen LogP contribution in [0.2, 0.25) is 0 Å². The summed E-state index contributed by atoms with van der Waals surface area (Å²) in [6, 6.07) is 0. The van der Waals surface area contributed by atoms with Crippen LogP contribution in [-0.2, 0) is 16.0 Å². The molecule has 2 rings (SSSR count). The minimum Gasteiger partial charge on any atom is -0.457 e. The summed E-state index contributed by atoms with van der Waals surface area (Å²) in [6.45, 7) is 9.25. The van der Waals surface area contributed by atoms with Crippen molar-refractivity contribution in [2.24, 2.45) is 0 Å². The van der Waals surface area contributed by atoms with Crippen molar-refractivity contribution < 1.29 is 14.1 Å². The largest absolute Gasteiger partial charge is 0.457 e. The fraction of sp³-hybridized carbons (Fsp3) is 0.706. The number of carbonyl (C=O) groups excluding carboxylic acids is 1. The van der Waals surface area contributed by atoms with E-state index >= 15 is 0 Å². The van der Waals surface area contributed by atoms with Gasteiger partial charge in [0.2, 0.25) is 5.89 Å². The molecular weight excluding hydrogens is 280 g/mol. The summed E-state index contributed by atoms with van der Waals surface area (Å²) >= 11 is 0. The molecule has 0 saturated heterocycles. The molecule has 5 heteroatoms. The summed E-state index contributed by atoms with van der Waals surface area (Å²) in [5.74, 6) is 1.18. The van der Waals surface area contributed by atoms with Crippen molar-refractivity contribution in [1.29, 1.82) is 0 Å². The van der Waals surface area contributed by atoms with Gasteiger partial charge in [-0.15, -0.1) is 0 Å². The fourth-order valence-electron chi connectivity index (χ4n) is 2.65. The Morgan fingerprint density at radius 3 is 2.50 bits per heavy atom. The first-order valence-corrected chi connectivity index (χ1v) is 8.09. The second kappa shape index (κ2) is 7.07. The van der Waals surface area contributed by atoms with Crippen LogP contribution < -0.4 is 0 Å². The molecule has 5 nitrogen and oxygen atoms in total. The number of nitrogens with zero attached hydrogens (tertiary/aromatic N) is 2. The highest BCUT2D eigenvalue weighted by atomic mass is 16.6. The average molecular weight is 306 g/mol. The van der Waals surface area contributed by atoms with Crippen molar-refractivity contribution in [3.05, 3.63) is 23.9 Å². The zero-order valence-electron chi connectivity index (χ0n) is 13.9. The quantitative estimate of drug-likeness (QED) is 0.479. The average Bonchev–Trinajstić information content (AvgIpc) is 2.71. The van der Waals surface area contributed by atoms with Crippen molar-refractivity contribution in [2.45, 2.75) is 77.2 Å². The minimum absolute atomic E-state index is 0.245. The van der Waals surface area contributed by atoms with Crippen LogP contribution in [0.3, 0.4) is 0 Å². The van der Waals surface area contributed by atoms with Gasteiger partial charge in [0.05, 0.1) is 6.42 Å². The number of carbonyl (C=O) groups is 1. The van der Waals surface area contributed by atoms with Crippen LogP contribution in [0.25, 0.3) is 0 Å². The van der Waals surface area contributed by atoms with E-state index in [0.717, 1.165) is 18.7 Å². The third kappa shape index (κ3) is 4.97. The predicted octanol–water partition coefficient (Wildman–Crippen LogP) is 3.95. The van der Waals surface area contributed by atoms with E-state index in [1.807, 2.05) is 20.8 Å². The molecule has 0 unspecified atom stereocenters. The van der Waals surface area contributed by atoms with Crippen LogP contribution in [0.1, 0.15) is 76.9 Å². The highest BCUT2D eigenvalue weighted by Gasteiger charge is 2.23. The van der Waals surface area contributed by atoms with E-state index in [4.69, 9.17) is 9.26 Å². The van der Waals surface area contributed by atoms with E-state index in [-0.39, 0.29) is 6.42 Å². The van der Waals surface area contributed by atoms with Crippen molar-refractivity contribution in [1.82, 2.24) is 10.1 Å². The van der Waals surface area contributed by atoms with Gasteiger partial charge in [-0.2, -0.15) is 4.98 Å². The Balaban J connectivity index is 1.93. The number of hydrogen-bond donors (Lipinski definition) is 0. The summed E-state index contributed by atoms with van der Waals surface area (Å²) in [6.07, 6.45) is 7.50. The minimum atomic E-state index is -0.527. The lowest BCUT2D eigenvalue weighted by Crippen LogP contribution is -2.25. The molecule has 0 aromatic carbocycles. The molecule has 1 aromatic heterocycles. The highest BCUT2D eigenvalue weighted by molar-refractivity contribution is 5.88. The smallest absolute Gasteiger partial charge is 0.334 e. The lowest BCUT2D eigenvalue weighted by Gasteiger charge is -2.19.